The Bertz CT molecular complexity index is 1760. The van der Waals surface area contributed by atoms with Crippen LogP contribution in [0.25, 0.3) is 0 Å². The first kappa shape index (κ1) is 42.8. The second-order valence-corrected chi connectivity index (χ2v) is 19.6. The zero-order chi connectivity index (χ0) is 39.9. The summed E-state index contributed by atoms with van der Waals surface area (Å²) in [5, 5.41) is 5.88. The van der Waals surface area contributed by atoms with Gasteiger partial charge in [-0.05, 0) is 170 Å². The fraction of sp³-hybridized carbons (Fsp3) is 0.259. The van der Waals surface area contributed by atoms with Gasteiger partial charge < -0.3 is 0 Å². The molecule has 4 aromatic carbocycles. The Hall–Kier alpha value is -4.34. The lowest BCUT2D eigenvalue weighted by Gasteiger charge is -2.41. The number of allylic oxidation sites excluding steroid dienone is 8. The van der Waals surface area contributed by atoms with Gasteiger partial charge in [-0.1, -0.05) is 121 Å². The van der Waals surface area contributed by atoms with Gasteiger partial charge in [-0.3, -0.25) is 0 Å². The first-order valence-corrected chi connectivity index (χ1v) is 23.4. The molecule has 0 nitrogen and oxygen atoms in total. The molecule has 0 spiro atoms. The highest BCUT2D eigenvalue weighted by Crippen LogP contribution is 2.50. The van der Waals surface area contributed by atoms with Crippen molar-refractivity contribution in [3.8, 4) is 0 Å². The molecule has 0 amide bonds. The normalized spacial score (nSPS) is 14.8. The van der Waals surface area contributed by atoms with Gasteiger partial charge in [0, 0.05) is 0 Å². The Morgan fingerprint density at radius 1 is 0.339 bits per heavy atom. The Morgan fingerprint density at radius 2 is 0.554 bits per heavy atom. The van der Waals surface area contributed by atoms with Crippen molar-refractivity contribution in [3.05, 3.63) is 219 Å². The fourth-order valence-corrected chi connectivity index (χ4v) is 13.8. The molecule has 56 heavy (non-hydrogen) atoms. The number of hydrogen-bond donors (Lipinski definition) is 0. The van der Waals surface area contributed by atoms with E-state index >= 15 is 0 Å². The van der Waals surface area contributed by atoms with Crippen LogP contribution in [-0.4, -0.2) is 12.3 Å². The van der Waals surface area contributed by atoms with E-state index in [1.165, 1.54) is 90.9 Å². The highest BCUT2D eigenvalue weighted by Gasteiger charge is 2.36. The van der Waals surface area contributed by atoms with E-state index in [-0.39, 0.29) is 0 Å². The van der Waals surface area contributed by atoms with Gasteiger partial charge in [-0.2, -0.15) is 0 Å². The van der Waals surface area contributed by atoms with Crippen molar-refractivity contribution in [2.75, 3.05) is 12.3 Å². The van der Waals surface area contributed by atoms with Gasteiger partial charge in [0.15, 0.2) is 0 Å². The minimum absolute atomic E-state index is 0.594. The standard InChI is InChI=1S/C54H62P2/c1-9-17-41-27-31-51(35-45(41)21-13-5)55(52-32-28-42(18-10-2)46(36-52)22-14-6)39-49-25-26-50(49)40-56(53-33-29-43(19-11-3)47(37-53)23-15-7)54-34-30-44(20-12-4)48(38-54)24-16-8/h9-16,27-38,49-50H,1-8,17-26,39-40H2. The van der Waals surface area contributed by atoms with Gasteiger partial charge in [-0.15, -0.1) is 52.6 Å². The van der Waals surface area contributed by atoms with Crippen molar-refractivity contribution in [2.45, 2.75) is 64.2 Å². The van der Waals surface area contributed by atoms with E-state index in [4.69, 9.17) is 0 Å². The molecule has 0 aromatic heterocycles. The van der Waals surface area contributed by atoms with E-state index in [2.05, 4.69) is 125 Å². The van der Waals surface area contributed by atoms with Crippen LogP contribution in [0, 0.1) is 11.8 Å². The molecule has 2 heteroatoms. The van der Waals surface area contributed by atoms with Gasteiger partial charge in [0.05, 0.1) is 0 Å². The molecule has 1 aliphatic rings. The number of hydrogen-bond acceptors (Lipinski definition) is 0. The van der Waals surface area contributed by atoms with Gasteiger partial charge in [0.1, 0.15) is 0 Å². The average Bonchev–Trinajstić information content (AvgIpc) is 3.19. The third-order valence-electron chi connectivity index (χ3n) is 11.3. The predicted octanol–water partition coefficient (Wildman–Crippen LogP) is 12.1. The summed E-state index contributed by atoms with van der Waals surface area (Å²) >= 11 is 0. The molecule has 2 unspecified atom stereocenters. The van der Waals surface area contributed by atoms with Crippen molar-refractivity contribution in [1.29, 1.82) is 0 Å². The Morgan fingerprint density at radius 3 is 0.750 bits per heavy atom. The summed E-state index contributed by atoms with van der Waals surface area (Å²) in [5.41, 5.74) is 10.9. The Balaban J connectivity index is 1.56. The van der Waals surface area contributed by atoms with Crippen molar-refractivity contribution >= 4 is 37.1 Å². The van der Waals surface area contributed by atoms with Crippen LogP contribution in [0.2, 0.25) is 0 Å². The van der Waals surface area contributed by atoms with E-state index in [1.54, 1.807) is 0 Å². The van der Waals surface area contributed by atoms with Gasteiger partial charge >= 0.3 is 0 Å². The molecule has 0 N–H and O–H groups in total. The minimum Gasteiger partial charge on any atom is -0.103 e. The van der Waals surface area contributed by atoms with E-state index in [9.17, 15) is 0 Å². The van der Waals surface area contributed by atoms with Crippen LogP contribution in [0.15, 0.2) is 174 Å². The molecule has 2 atom stereocenters. The van der Waals surface area contributed by atoms with Crippen LogP contribution >= 0.6 is 15.8 Å². The summed E-state index contributed by atoms with van der Waals surface area (Å²) in [6, 6.07) is 29.1. The third-order valence-corrected chi connectivity index (χ3v) is 16.6. The van der Waals surface area contributed by atoms with E-state index in [0.29, 0.717) is 11.8 Å². The smallest absolute Gasteiger partial charge is 0.00971 e. The molecule has 0 heterocycles. The summed E-state index contributed by atoms with van der Waals surface area (Å²) in [5.74, 6) is 1.33. The lowest BCUT2D eigenvalue weighted by molar-refractivity contribution is 0.228. The molecule has 1 fully saturated rings. The lowest BCUT2D eigenvalue weighted by atomic mass is 9.76. The molecule has 0 saturated heterocycles. The summed E-state index contributed by atoms with van der Waals surface area (Å²) in [6.45, 7) is 32.6. The average molecular weight is 773 g/mol. The number of rotatable bonds is 24. The molecule has 1 saturated carbocycles. The van der Waals surface area contributed by atoms with Gasteiger partial charge in [0.2, 0.25) is 0 Å². The highest BCUT2D eigenvalue weighted by atomic mass is 31.1. The van der Waals surface area contributed by atoms with E-state index in [0.717, 1.165) is 51.4 Å². The maximum Gasteiger partial charge on any atom is -0.00971 e. The molecule has 1 aliphatic carbocycles. The maximum absolute atomic E-state index is 4.11. The molecular formula is C54H62P2. The van der Waals surface area contributed by atoms with Crippen molar-refractivity contribution < 1.29 is 0 Å². The van der Waals surface area contributed by atoms with Crippen LogP contribution < -0.4 is 21.2 Å². The molecule has 5 rings (SSSR count). The first-order valence-electron chi connectivity index (χ1n) is 20.3. The molecule has 0 radical (unpaired) electrons. The summed E-state index contributed by atoms with van der Waals surface area (Å²) in [4.78, 5) is 0. The molecular weight excluding hydrogens is 711 g/mol. The van der Waals surface area contributed by atoms with E-state index in [1.807, 2.05) is 48.6 Å². The van der Waals surface area contributed by atoms with Crippen LogP contribution in [0.4, 0.5) is 0 Å². The van der Waals surface area contributed by atoms with Crippen LogP contribution in [0.1, 0.15) is 57.3 Å². The summed E-state index contributed by atoms with van der Waals surface area (Å²) in [6.07, 6.45) is 28.2. The SMILES string of the molecule is C=CCc1ccc(P(CC2CCC2CP(c2ccc(CC=C)c(CC=C)c2)c2ccc(CC=C)c(CC=C)c2)c2ccc(CC=C)c(CC=C)c2)cc1CC=C. The zero-order valence-corrected chi connectivity index (χ0v) is 35.5. The highest BCUT2D eigenvalue weighted by molar-refractivity contribution is 7.73. The summed E-state index contributed by atoms with van der Waals surface area (Å²) < 4.78 is 0. The van der Waals surface area contributed by atoms with Crippen LogP contribution in [0.5, 0.6) is 0 Å². The summed E-state index contributed by atoms with van der Waals surface area (Å²) in [7, 11) is -1.19. The predicted molar refractivity (Wildman–Crippen MR) is 255 cm³/mol. The maximum atomic E-state index is 4.11. The Labute approximate surface area is 342 Å². The van der Waals surface area contributed by atoms with Crippen molar-refractivity contribution in [2.24, 2.45) is 11.8 Å². The monoisotopic (exact) mass is 772 g/mol. The van der Waals surface area contributed by atoms with Crippen molar-refractivity contribution in [3.63, 3.8) is 0 Å². The van der Waals surface area contributed by atoms with E-state index < -0.39 is 15.8 Å². The van der Waals surface area contributed by atoms with Crippen LogP contribution in [0.3, 0.4) is 0 Å². The van der Waals surface area contributed by atoms with Gasteiger partial charge in [-0.25, -0.2) is 0 Å². The van der Waals surface area contributed by atoms with Gasteiger partial charge in [0.25, 0.3) is 0 Å². The molecule has 4 aromatic rings. The number of benzene rings is 4. The lowest BCUT2D eigenvalue weighted by Crippen LogP contribution is -2.35. The minimum atomic E-state index is -0.594. The topological polar surface area (TPSA) is 0 Å². The Kier molecular flexibility index (Phi) is 16.7. The third kappa shape index (κ3) is 10.7. The second kappa shape index (κ2) is 21.8. The molecule has 0 aliphatic heterocycles. The van der Waals surface area contributed by atoms with Crippen LogP contribution in [-0.2, 0) is 51.4 Å². The molecule has 288 valence electrons. The largest absolute Gasteiger partial charge is 0.103 e. The van der Waals surface area contributed by atoms with Crippen molar-refractivity contribution in [1.82, 2.24) is 0 Å². The quantitative estimate of drug-likeness (QED) is 0.0491. The zero-order valence-electron chi connectivity index (χ0n) is 33.7. The fourth-order valence-electron chi connectivity index (χ4n) is 8.23. The molecule has 0 bridgehead atoms. The second-order valence-electron chi connectivity index (χ2n) is 15.1. The first-order chi connectivity index (χ1) is 27.4.